The summed E-state index contributed by atoms with van der Waals surface area (Å²) in [6, 6.07) is 2.58. The molecule has 2 atom stereocenters. The number of piperidine rings is 1. The molecule has 1 amide bonds. The number of thioether (sulfide) groups is 1. The number of nitrogens with zero attached hydrogens (tertiary/aromatic N) is 2. The van der Waals surface area contributed by atoms with Crippen LogP contribution in [0.2, 0.25) is 0 Å². The highest BCUT2D eigenvalue weighted by atomic mass is 32.2. The summed E-state index contributed by atoms with van der Waals surface area (Å²) in [6.07, 6.45) is 5.78. The highest BCUT2D eigenvalue weighted by molar-refractivity contribution is 8.00. The van der Waals surface area contributed by atoms with Crippen LogP contribution in [0.15, 0.2) is 0 Å². The quantitative estimate of drug-likeness (QED) is 0.818. The van der Waals surface area contributed by atoms with E-state index in [2.05, 4.69) is 30.1 Å². The number of nitriles is 1. The van der Waals surface area contributed by atoms with E-state index >= 15 is 0 Å². The monoisotopic (exact) mass is 297 g/mol. The van der Waals surface area contributed by atoms with Gasteiger partial charge in [-0.25, -0.2) is 0 Å². The van der Waals surface area contributed by atoms with Crippen LogP contribution in [0.1, 0.15) is 46.5 Å². The molecule has 114 valence electrons. The Balaban J connectivity index is 2.48. The number of amides is 1. The zero-order valence-electron chi connectivity index (χ0n) is 13.1. The van der Waals surface area contributed by atoms with E-state index in [1.54, 1.807) is 11.8 Å². The molecular formula is C15H27N3OS. The van der Waals surface area contributed by atoms with Crippen molar-refractivity contribution in [2.45, 2.75) is 63.3 Å². The fraction of sp³-hybridized carbons (Fsp3) is 0.867. The Morgan fingerprint density at radius 2 is 2.05 bits per heavy atom. The lowest BCUT2D eigenvalue weighted by molar-refractivity contribution is -0.126. The second kappa shape index (κ2) is 7.90. The summed E-state index contributed by atoms with van der Waals surface area (Å²) in [5.74, 6) is 0.111. The molecule has 0 radical (unpaired) electrons. The average Bonchev–Trinajstić information content (AvgIpc) is 2.46. The summed E-state index contributed by atoms with van der Waals surface area (Å²) in [5, 5.41) is 12.4. The predicted molar refractivity (Wildman–Crippen MR) is 84.6 cm³/mol. The molecule has 0 spiro atoms. The molecule has 0 saturated carbocycles. The van der Waals surface area contributed by atoms with Crippen molar-refractivity contribution < 1.29 is 4.79 Å². The van der Waals surface area contributed by atoms with Crippen molar-refractivity contribution >= 4 is 17.7 Å². The lowest BCUT2D eigenvalue weighted by Gasteiger charge is -2.38. The minimum atomic E-state index is -0.248. The minimum Gasteiger partial charge on any atom is -0.352 e. The second-order valence-corrected chi connectivity index (χ2v) is 6.91. The Labute approximate surface area is 127 Å². The summed E-state index contributed by atoms with van der Waals surface area (Å²) in [6.45, 7) is 7.79. The van der Waals surface area contributed by atoms with Gasteiger partial charge in [0.2, 0.25) is 5.91 Å². The van der Waals surface area contributed by atoms with Gasteiger partial charge in [0, 0.05) is 19.1 Å². The molecule has 0 aromatic rings. The molecule has 1 aliphatic heterocycles. The van der Waals surface area contributed by atoms with E-state index in [1.807, 2.05) is 13.2 Å². The van der Waals surface area contributed by atoms with Crippen LogP contribution < -0.4 is 5.32 Å². The molecule has 5 heteroatoms. The molecule has 0 bridgehead atoms. The van der Waals surface area contributed by atoms with E-state index in [4.69, 9.17) is 0 Å². The van der Waals surface area contributed by atoms with E-state index in [1.165, 1.54) is 0 Å². The van der Waals surface area contributed by atoms with Crippen LogP contribution in [0, 0.1) is 11.3 Å². The molecule has 0 aliphatic carbocycles. The molecule has 1 fully saturated rings. The zero-order chi connectivity index (χ0) is 15.2. The molecule has 0 aromatic heterocycles. The SMILES string of the molecule is CCCC(C)NC(=O)C(C)N1CCC(C#N)(SC)CC1. The van der Waals surface area contributed by atoms with Gasteiger partial charge in [0.05, 0.1) is 12.1 Å². The molecule has 4 nitrogen and oxygen atoms in total. The van der Waals surface area contributed by atoms with Crippen molar-refractivity contribution in [3.8, 4) is 6.07 Å². The standard InChI is InChI=1S/C15H27N3OS/c1-5-6-12(2)17-14(19)13(3)18-9-7-15(11-16,20-4)8-10-18/h12-13H,5-10H2,1-4H3,(H,17,19). The maximum absolute atomic E-state index is 12.2. The van der Waals surface area contributed by atoms with Gasteiger partial charge in [-0.1, -0.05) is 13.3 Å². The lowest BCUT2D eigenvalue weighted by Crippen LogP contribution is -2.52. The Morgan fingerprint density at radius 1 is 1.45 bits per heavy atom. The third-order valence-electron chi connectivity index (χ3n) is 4.24. The van der Waals surface area contributed by atoms with Crippen molar-refractivity contribution in [1.29, 1.82) is 5.26 Å². The van der Waals surface area contributed by atoms with Gasteiger partial charge in [-0.2, -0.15) is 5.26 Å². The summed E-state index contributed by atoms with van der Waals surface area (Å²) >= 11 is 1.64. The van der Waals surface area contributed by atoms with E-state index in [0.29, 0.717) is 0 Å². The van der Waals surface area contributed by atoms with Crippen LogP contribution in [0.4, 0.5) is 0 Å². The van der Waals surface area contributed by atoms with Crippen molar-refractivity contribution in [1.82, 2.24) is 10.2 Å². The molecule has 2 unspecified atom stereocenters. The first-order valence-corrected chi connectivity index (χ1v) is 8.71. The number of rotatable bonds is 6. The fourth-order valence-electron chi connectivity index (χ4n) is 2.67. The third kappa shape index (κ3) is 4.39. The van der Waals surface area contributed by atoms with Crippen LogP contribution in [0.5, 0.6) is 0 Å². The first-order valence-electron chi connectivity index (χ1n) is 7.49. The highest BCUT2D eigenvalue weighted by Crippen LogP contribution is 2.34. The number of hydrogen-bond acceptors (Lipinski definition) is 4. The van der Waals surface area contributed by atoms with Crippen molar-refractivity contribution in [3.05, 3.63) is 0 Å². The van der Waals surface area contributed by atoms with E-state index in [9.17, 15) is 10.1 Å². The number of hydrogen-bond donors (Lipinski definition) is 1. The van der Waals surface area contributed by atoms with Crippen molar-refractivity contribution in [2.75, 3.05) is 19.3 Å². The fourth-order valence-corrected chi connectivity index (χ4v) is 3.35. The van der Waals surface area contributed by atoms with Gasteiger partial charge < -0.3 is 5.32 Å². The maximum atomic E-state index is 12.2. The summed E-state index contributed by atoms with van der Waals surface area (Å²) in [4.78, 5) is 14.4. The average molecular weight is 297 g/mol. The molecule has 1 saturated heterocycles. The van der Waals surface area contributed by atoms with E-state index in [0.717, 1.165) is 38.8 Å². The Kier molecular flexibility index (Phi) is 6.84. The summed E-state index contributed by atoms with van der Waals surface area (Å²) in [7, 11) is 0. The molecule has 1 heterocycles. The molecular weight excluding hydrogens is 270 g/mol. The topological polar surface area (TPSA) is 56.1 Å². The minimum absolute atomic E-state index is 0.104. The smallest absolute Gasteiger partial charge is 0.237 e. The van der Waals surface area contributed by atoms with Crippen LogP contribution in [-0.4, -0.2) is 47.0 Å². The van der Waals surface area contributed by atoms with Crippen molar-refractivity contribution in [2.24, 2.45) is 0 Å². The van der Waals surface area contributed by atoms with Crippen LogP contribution in [-0.2, 0) is 4.79 Å². The second-order valence-electron chi connectivity index (χ2n) is 5.72. The van der Waals surface area contributed by atoms with E-state index in [-0.39, 0.29) is 22.7 Å². The lowest BCUT2D eigenvalue weighted by atomic mass is 9.96. The first-order chi connectivity index (χ1) is 9.48. The van der Waals surface area contributed by atoms with Gasteiger partial charge in [-0.3, -0.25) is 9.69 Å². The van der Waals surface area contributed by atoms with Gasteiger partial charge >= 0.3 is 0 Å². The van der Waals surface area contributed by atoms with Crippen LogP contribution in [0.25, 0.3) is 0 Å². The first kappa shape index (κ1) is 17.3. The number of carbonyl (C=O) groups excluding carboxylic acids is 1. The molecule has 1 aliphatic rings. The number of likely N-dealkylation sites (tertiary alicyclic amines) is 1. The van der Waals surface area contributed by atoms with Crippen molar-refractivity contribution in [3.63, 3.8) is 0 Å². The van der Waals surface area contributed by atoms with Crippen LogP contribution >= 0.6 is 11.8 Å². The molecule has 0 aromatic carbocycles. The maximum Gasteiger partial charge on any atom is 0.237 e. The number of nitrogens with one attached hydrogen (secondary N) is 1. The largest absolute Gasteiger partial charge is 0.352 e. The van der Waals surface area contributed by atoms with Crippen LogP contribution in [0.3, 0.4) is 0 Å². The Bertz CT molecular complexity index is 359. The normalized spacial score (nSPS) is 21.8. The molecule has 1 rings (SSSR count). The van der Waals surface area contributed by atoms with E-state index < -0.39 is 0 Å². The van der Waals surface area contributed by atoms with Gasteiger partial charge in [-0.15, -0.1) is 11.8 Å². The molecule has 20 heavy (non-hydrogen) atoms. The third-order valence-corrected chi connectivity index (χ3v) is 5.52. The predicted octanol–water partition coefficient (Wildman–Crippen LogP) is 2.40. The summed E-state index contributed by atoms with van der Waals surface area (Å²) < 4.78 is -0.248. The zero-order valence-corrected chi connectivity index (χ0v) is 13.9. The highest BCUT2D eigenvalue weighted by Gasteiger charge is 2.36. The Morgan fingerprint density at radius 3 is 2.50 bits per heavy atom. The van der Waals surface area contributed by atoms with Gasteiger partial charge in [0.15, 0.2) is 0 Å². The van der Waals surface area contributed by atoms with Gasteiger partial charge in [0.25, 0.3) is 0 Å². The van der Waals surface area contributed by atoms with Gasteiger partial charge in [0.1, 0.15) is 4.75 Å². The summed E-state index contributed by atoms with van der Waals surface area (Å²) in [5.41, 5.74) is 0. The number of carbonyl (C=O) groups is 1. The van der Waals surface area contributed by atoms with Gasteiger partial charge in [-0.05, 0) is 39.4 Å². The molecule has 1 N–H and O–H groups in total. The Hall–Kier alpha value is -0.730.